The molecule has 0 unspecified atom stereocenters. The fourth-order valence-electron chi connectivity index (χ4n) is 2.46. The van der Waals surface area contributed by atoms with E-state index in [0.29, 0.717) is 0 Å². The summed E-state index contributed by atoms with van der Waals surface area (Å²) in [5, 5.41) is 4.50. The van der Waals surface area contributed by atoms with Gasteiger partial charge in [0.1, 0.15) is 0 Å². The van der Waals surface area contributed by atoms with Crippen LogP contribution >= 0.6 is 0 Å². The van der Waals surface area contributed by atoms with Crippen molar-refractivity contribution < 1.29 is 0 Å². The molecular weight excluding hydrogens is 256 g/mol. The normalized spacial score (nSPS) is 11.6. The van der Waals surface area contributed by atoms with Gasteiger partial charge in [0.25, 0.3) is 0 Å². The van der Waals surface area contributed by atoms with E-state index in [-0.39, 0.29) is 0 Å². The van der Waals surface area contributed by atoms with Crippen molar-refractivity contribution in [3.8, 4) is 11.3 Å². The van der Waals surface area contributed by atoms with Gasteiger partial charge >= 0.3 is 0 Å². The van der Waals surface area contributed by atoms with E-state index in [2.05, 4.69) is 73.7 Å². The predicted molar refractivity (Wildman–Crippen MR) is 88.7 cm³/mol. The molecule has 3 aromatic rings. The molecule has 0 spiro atoms. The first-order chi connectivity index (χ1) is 10.3. The molecule has 0 aliphatic carbocycles. The zero-order valence-electron chi connectivity index (χ0n) is 12.3. The van der Waals surface area contributed by atoms with Gasteiger partial charge in [0, 0.05) is 11.8 Å². The molecule has 3 rings (SSSR count). The van der Waals surface area contributed by atoms with E-state index in [0.717, 1.165) is 5.69 Å². The standard InChI is InChI=1S/C19H18N2/c1-15-13-20-21(19(15)18-11-7-4-8-12-18)14-16(2)17-9-5-3-6-10-17/h3-14H,1-2H3/b16-14+. The molecule has 0 radical (unpaired) electrons. The zero-order valence-corrected chi connectivity index (χ0v) is 12.3. The molecule has 2 nitrogen and oxygen atoms in total. The van der Waals surface area contributed by atoms with Gasteiger partial charge < -0.3 is 0 Å². The second kappa shape index (κ2) is 5.80. The van der Waals surface area contributed by atoms with E-state index in [4.69, 9.17) is 0 Å². The number of hydrogen-bond donors (Lipinski definition) is 0. The Morgan fingerprint density at radius 3 is 2.24 bits per heavy atom. The molecular formula is C19H18N2. The van der Waals surface area contributed by atoms with Gasteiger partial charge in [-0.2, -0.15) is 5.10 Å². The summed E-state index contributed by atoms with van der Waals surface area (Å²) in [6, 6.07) is 20.8. The molecule has 2 heteroatoms. The Labute approximate surface area is 125 Å². The van der Waals surface area contributed by atoms with E-state index in [1.807, 2.05) is 23.0 Å². The summed E-state index contributed by atoms with van der Waals surface area (Å²) in [5.41, 5.74) is 5.91. The lowest BCUT2D eigenvalue weighted by Gasteiger charge is -2.07. The SMILES string of the molecule is C/C(=C\n1ncc(C)c1-c1ccccc1)c1ccccc1. The molecule has 1 aromatic heterocycles. The van der Waals surface area contributed by atoms with Crippen molar-refractivity contribution in [3.63, 3.8) is 0 Å². The van der Waals surface area contributed by atoms with Crippen molar-refractivity contribution in [1.82, 2.24) is 9.78 Å². The Morgan fingerprint density at radius 1 is 0.952 bits per heavy atom. The maximum absolute atomic E-state index is 4.50. The lowest BCUT2D eigenvalue weighted by atomic mass is 10.1. The molecule has 0 bridgehead atoms. The second-order valence-corrected chi connectivity index (χ2v) is 5.16. The van der Waals surface area contributed by atoms with E-state index in [1.54, 1.807) is 0 Å². The molecule has 1 heterocycles. The van der Waals surface area contributed by atoms with Crippen molar-refractivity contribution in [2.75, 3.05) is 0 Å². The lowest BCUT2D eigenvalue weighted by Crippen LogP contribution is -1.95. The van der Waals surface area contributed by atoms with Gasteiger partial charge in [-0.05, 0) is 30.5 Å². The van der Waals surface area contributed by atoms with Crippen molar-refractivity contribution in [3.05, 3.63) is 78.0 Å². The predicted octanol–water partition coefficient (Wildman–Crippen LogP) is 4.88. The summed E-state index contributed by atoms with van der Waals surface area (Å²) < 4.78 is 1.97. The molecule has 0 aliphatic heterocycles. The number of hydrogen-bond acceptors (Lipinski definition) is 1. The molecule has 0 amide bonds. The number of rotatable bonds is 3. The molecule has 2 aromatic carbocycles. The number of aromatic nitrogens is 2. The minimum Gasteiger partial charge on any atom is -0.240 e. The van der Waals surface area contributed by atoms with Crippen molar-refractivity contribution in [1.29, 1.82) is 0 Å². The smallest absolute Gasteiger partial charge is 0.0763 e. The third-order valence-corrected chi connectivity index (χ3v) is 3.57. The highest BCUT2D eigenvalue weighted by Gasteiger charge is 2.08. The zero-order chi connectivity index (χ0) is 14.7. The van der Waals surface area contributed by atoms with Crippen LogP contribution in [0.25, 0.3) is 23.0 Å². The maximum Gasteiger partial charge on any atom is 0.0763 e. The molecule has 0 N–H and O–H groups in total. The van der Waals surface area contributed by atoms with E-state index in [1.165, 1.54) is 22.3 Å². The van der Waals surface area contributed by atoms with Crippen LogP contribution in [0.2, 0.25) is 0 Å². The van der Waals surface area contributed by atoms with Crippen LogP contribution in [0.15, 0.2) is 66.9 Å². The summed E-state index contributed by atoms with van der Waals surface area (Å²) in [6.45, 7) is 4.21. The van der Waals surface area contributed by atoms with Crippen molar-refractivity contribution in [2.24, 2.45) is 0 Å². The molecule has 104 valence electrons. The van der Waals surface area contributed by atoms with Crippen LogP contribution in [0.5, 0.6) is 0 Å². The third kappa shape index (κ3) is 2.79. The first-order valence-electron chi connectivity index (χ1n) is 7.09. The molecule has 0 aliphatic rings. The lowest BCUT2D eigenvalue weighted by molar-refractivity contribution is 0.942. The largest absolute Gasteiger partial charge is 0.240 e. The fraction of sp³-hybridized carbons (Fsp3) is 0.105. The van der Waals surface area contributed by atoms with Gasteiger partial charge in [0.2, 0.25) is 0 Å². The minimum absolute atomic E-state index is 1.14. The molecule has 21 heavy (non-hydrogen) atoms. The first kappa shape index (κ1) is 13.4. The van der Waals surface area contributed by atoms with Crippen LogP contribution in [0.4, 0.5) is 0 Å². The molecule has 0 saturated carbocycles. The Kier molecular flexibility index (Phi) is 3.69. The summed E-state index contributed by atoms with van der Waals surface area (Å²) in [5.74, 6) is 0. The summed E-state index contributed by atoms with van der Waals surface area (Å²) in [7, 11) is 0. The fourth-order valence-corrected chi connectivity index (χ4v) is 2.46. The van der Waals surface area contributed by atoms with Crippen molar-refractivity contribution >= 4 is 11.8 Å². The maximum atomic E-state index is 4.50. The molecule has 0 fully saturated rings. The Balaban J connectivity index is 2.05. The molecule has 0 saturated heterocycles. The van der Waals surface area contributed by atoms with Gasteiger partial charge in [-0.15, -0.1) is 0 Å². The van der Waals surface area contributed by atoms with Crippen LogP contribution in [0, 0.1) is 6.92 Å². The number of allylic oxidation sites excluding steroid dienone is 1. The van der Waals surface area contributed by atoms with Gasteiger partial charge in [0.05, 0.1) is 11.9 Å². The summed E-state index contributed by atoms with van der Waals surface area (Å²) in [6.07, 6.45) is 4.00. The van der Waals surface area contributed by atoms with E-state index in [9.17, 15) is 0 Å². The summed E-state index contributed by atoms with van der Waals surface area (Å²) in [4.78, 5) is 0. The highest BCUT2D eigenvalue weighted by molar-refractivity contribution is 5.76. The van der Waals surface area contributed by atoms with Crippen LogP contribution < -0.4 is 0 Å². The van der Waals surface area contributed by atoms with E-state index >= 15 is 0 Å². The van der Waals surface area contributed by atoms with Gasteiger partial charge in [0.15, 0.2) is 0 Å². The Hall–Kier alpha value is -2.61. The van der Waals surface area contributed by atoms with Gasteiger partial charge in [-0.25, -0.2) is 4.68 Å². The van der Waals surface area contributed by atoms with Crippen LogP contribution in [-0.2, 0) is 0 Å². The number of aryl methyl sites for hydroxylation is 1. The van der Waals surface area contributed by atoms with Crippen LogP contribution in [0.3, 0.4) is 0 Å². The summed E-state index contributed by atoms with van der Waals surface area (Å²) >= 11 is 0. The third-order valence-electron chi connectivity index (χ3n) is 3.57. The average molecular weight is 274 g/mol. The minimum atomic E-state index is 1.14. The number of nitrogens with zero attached hydrogens (tertiary/aromatic N) is 2. The Morgan fingerprint density at radius 2 is 1.57 bits per heavy atom. The second-order valence-electron chi connectivity index (χ2n) is 5.16. The van der Waals surface area contributed by atoms with Crippen molar-refractivity contribution in [2.45, 2.75) is 13.8 Å². The highest BCUT2D eigenvalue weighted by atomic mass is 15.3. The van der Waals surface area contributed by atoms with Crippen LogP contribution in [-0.4, -0.2) is 9.78 Å². The van der Waals surface area contributed by atoms with E-state index < -0.39 is 0 Å². The number of benzene rings is 2. The van der Waals surface area contributed by atoms with Crippen LogP contribution in [0.1, 0.15) is 18.1 Å². The van der Waals surface area contributed by atoms with Gasteiger partial charge in [-0.3, -0.25) is 0 Å². The monoisotopic (exact) mass is 274 g/mol. The topological polar surface area (TPSA) is 17.8 Å². The average Bonchev–Trinajstić information content (AvgIpc) is 2.89. The van der Waals surface area contributed by atoms with Gasteiger partial charge in [-0.1, -0.05) is 60.7 Å². The Bertz CT molecular complexity index is 753. The first-order valence-corrected chi connectivity index (χ1v) is 7.09. The quantitative estimate of drug-likeness (QED) is 0.665. The highest BCUT2D eigenvalue weighted by Crippen LogP contribution is 2.24. The molecule has 0 atom stereocenters.